The summed E-state index contributed by atoms with van der Waals surface area (Å²) in [5.74, 6) is -0.0383. The molecule has 0 aliphatic carbocycles. The van der Waals surface area contributed by atoms with Crippen LogP contribution in [0.2, 0.25) is 0 Å². The van der Waals surface area contributed by atoms with Gasteiger partial charge in [0.2, 0.25) is 0 Å². The second-order valence-electron chi connectivity index (χ2n) is 7.65. The summed E-state index contributed by atoms with van der Waals surface area (Å²) >= 11 is 0. The summed E-state index contributed by atoms with van der Waals surface area (Å²) in [6.45, 7) is 3.81. The first-order valence-corrected chi connectivity index (χ1v) is 9.43. The van der Waals surface area contributed by atoms with E-state index in [9.17, 15) is 9.90 Å². The van der Waals surface area contributed by atoms with Crippen molar-refractivity contribution in [2.24, 2.45) is 5.92 Å². The largest absolute Gasteiger partial charge is 0.467 e. The molecule has 1 N–H and O–H groups in total. The third-order valence-corrected chi connectivity index (χ3v) is 6.58. The summed E-state index contributed by atoms with van der Waals surface area (Å²) in [6, 6.07) is 8.05. The molecule has 5 nitrogen and oxygen atoms in total. The van der Waals surface area contributed by atoms with Crippen LogP contribution in [0.25, 0.3) is 10.9 Å². The molecule has 0 saturated carbocycles. The standard InChI is InChI=1S/C21H24N2O3/c1-3-12-11-22-9-8-17(24)18-13-6-4-5-7-15(13)23-19(21(25)26-2)14(12)10-16(22)20(18)23/h3-7,14,16-17,19,24H,8-11H2,1-2H3/b12-3-/t14-,16-,17?,19-/m0/s1. The molecule has 26 heavy (non-hydrogen) atoms. The summed E-state index contributed by atoms with van der Waals surface area (Å²) in [4.78, 5) is 15.3. The Balaban J connectivity index is 1.88. The molecule has 2 aromatic rings. The molecule has 2 bridgehead atoms. The molecule has 3 aliphatic heterocycles. The van der Waals surface area contributed by atoms with Gasteiger partial charge in [0, 0.05) is 41.2 Å². The van der Waals surface area contributed by atoms with Crippen molar-refractivity contribution in [3.05, 3.63) is 47.2 Å². The van der Waals surface area contributed by atoms with E-state index in [2.05, 4.69) is 34.6 Å². The van der Waals surface area contributed by atoms with E-state index in [1.807, 2.05) is 12.1 Å². The summed E-state index contributed by atoms with van der Waals surface area (Å²) in [5, 5.41) is 12.0. The zero-order valence-corrected chi connectivity index (χ0v) is 15.2. The van der Waals surface area contributed by atoms with E-state index in [1.54, 1.807) is 0 Å². The zero-order chi connectivity index (χ0) is 18.0. The molecule has 1 unspecified atom stereocenters. The second kappa shape index (κ2) is 5.69. The number of allylic oxidation sites excluding steroid dienone is 1. The predicted molar refractivity (Wildman–Crippen MR) is 98.7 cm³/mol. The number of piperidine rings is 1. The average molecular weight is 352 g/mol. The predicted octanol–water partition coefficient (Wildman–Crippen LogP) is 3.12. The van der Waals surface area contributed by atoms with Gasteiger partial charge in [0.15, 0.2) is 0 Å². The lowest BCUT2D eigenvalue weighted by molar-refractivity contribution is -0.147. The Morgan fingerprint density at radius 3 is 2.92 bits per heavy atom. The van der Waals surface area contributed by atoms with Gasteiger partial charge in [0.05, 0.1) is 19.3 Å². The number of rotatable bonds is 1. The molecule has 4 atom stereocenters. The van der Waals surface area contributed by atoms with Gasteiger partial charge in [-0.2, -0.15) is 0 Å². The molecular formula is C21H24N2O3. The van der Waals surface area contributed by atoms with Gasteiger partial charge in [-0.3, -0.25) is 4.90 Å². The van der Waals surface area contributed by atoms with Gasteiger partial charge in [0.25, 0.3) is 0 Å². The van der Waals surface area contributed by atoms with E-state index >= 15 is 0 Å². The van der Waals surface area contributed by atoms with Crippen LogP contribution in [-0.4, -0.2) is 40.7 Å². The maximum Gasteiger partial charge on any atom is 0.329 e. The van der Waals surface area contributed by atoms with Gasteiger partial charge < -0.3 is 14.4 Å². The fraction of sp³-hybridized carbons (Fsp3) is 0.476. The van der Waals surface area contributed by atoms with Crippen LogP contribution >= 0.6 is 0 Å². The fourth-order valence-electron chi connectivity index (χ4n) is 5.46. The number of carbonyl (C=O) groups excluding carboxylic acids is 1. The van der Waals surface area contributed by atoms with Gasteiger partial charge in [0.1, 0.15) is 6.04 Å². The highest BCUT2D eigenvalue weighted by atomic mass is 16.5. The van der Waals surface area contributed by atoms with Gasteiger partial charge in [-0.05, 0) is 25.8 Å². The first-order valence-electron chi connectivity index (χ1n) is 9.43. The maximum atomic E-state index is 12.9. The number of esters is 1. The van der Waals surface area contributed by atoms with Crippen molar-refractivity contribution in [1.29, 1.82) is 0 Å². The number of carbonyl (C=O) groups is 1. The quantitative estimate of drug-likeness (QED) is 0.633. The van der Waals surface area contributed by atoms with E-state index in [-0.39, 0.29) is 24.0 Å². The molecule has 136 valence electrons. The Bertz CT molecular complexity index is 929. The number of ether oxygens (including phenoxy) is 1. The van der Waals surface area contributed by atoms with Crippen LogP contribution in [0.3, 0.4) is 0 Å². The van der Waals surface area contributed by atoms with E-state index in [0.717, 1.165) is 48.1 Å². The number of methoxy groups -OCH3 is 1. The Kier molecular flexibility index (Phi) is 3.52. The zero-order valence-electron chi connectivity index (χ0n) is 15.2. The van der Waals surface area contributed by atoms with Crippen molar-refractivity contribution in [1.82, 2.24) is 9.47 Å². The number of hydrogen-bond donors (Lipinski definition) is 1. The minimum absolute atomic E-state index is 0.153. The molecule has 4 heterocycles. The molecule has 5 rings (SSSR count). The molecule has 1 saturated heterocycles. The van der Waals surface area contributed by atoms with Crippen LogP contribution in [0.4, 0.5) is 0 Å². The van der Waals surface area contributed by atoms with Crippen molar-refractivity contribution in [2.45, 2.75) is 38.0 Å². The number of aliphatic hydroxyl groups excluding tert-OH is 1. The molecule has 1 fully saturated rings. The fourth-order valence-corrected chi connectivity index (χ4v) is 5.46. The smallest absolute Gasteiger partial charge is 0.329 e. The average Bonchev–Trinajstić information content (AvgIpc) is 2.93. The highest BCUT2D eigenvalue weighted by Crippen LogP contribution is 2.54. The first kappa shape index (κ1) is 16.1. The summed E-state index contributed by atoms with van der Waals surface area (Å²) in [6.07, 6.45) is 3.30. The highest BCUT2D eigenvalue weighted by Gasteiger charge is 2.49. The van der Waals surface area contributed by atoms with Crippen LogP contribution in [0.15, 0.2) is 35.9 Å². The number of para-hydroxylation sites is 1. The number of hydrogen-bond acceptors (Lipinski definition) is 4. The molecule has 3 aliphatic rings. The van der Waals surface area contributed by atoms with Crippen LogP contribution in [0.5, 0.6) is 0 Å². The lowest BCUT2D eigenvalue weighted by Crippen LogP contribution is -2.47. The van der Waals surface area contributed by atoms with Crippen molar-refractivity contribution in [3.63, 3.8) is 0 Å². The SMILES string of the molecule is C/C=C1/CN2CCC(O)c3c4n(c5ccccc35)[C@H](C(=O)OC)[C@H]1C[C@@H]42. The summed E-state index contributed by atoms with van der Waals surface area (Å²) < 4.78 is 7.41. The van der Waals surface area contributed by atoms with Gasteiger partial charge in [-0.1, -0.05) is 29.8 Å². The molecular weight excluding hydrogens is 328 g/mol. The van der Waals surface area contributed by atoms with Gasteiger partial charge >= 0.3 is 5.97 Å². The third kappa shape index (κ3) is 1.96. The number of aliphatic hydroxyl groups is 1. The van der Waals surface area contributed by atoms with Crippen molar-refractivity contribution in [3.8, 4) is 0 Å². The normalized spacial score (nSPS) is 31.9. The van der Waals surface area contributed by atoms with Crippen molar-refractivity contribution < 1.29 is 14.6 Å². The molecule has 1 aromatic heterocycles. The van der Waals surface area contributed by atoms with E-state index in [4.69, 9.17) is 4.74 Å². The second-order valence-corrected chi connectivity index (χ2v) is 7.65. The molecule has 0 spiro atoms. The van der Waals surface area contributed by atoms with Crippen LogP contribution < -0.4 is 0 Å². The first-order chi connectivity index (χ1) is 12.7. The monoisotopic (exact) mass is 352 g/mol. The van der Waals surface area contributed by atoms with Crippen molar-refractivity contribution in [2.75, 3.05) is 20.2 Å². The Morgan fingerprint density at radius 1 is 1.35 bits per heavy atom. The Labute approximate surface area is 152 Å². The Morgan fingerprint density at radius 2 is 2.15 bits per heavy atom. The minimum Gasteiger partial charge on any atom is -0.467 e. The topological polar surface area (TPSA) is 54.7 Å². The summed E-state index contributed by atoms with van der Waals surface area (Å²) in [7, 11) is 1.47. The van der Waals surface area contributed by atoms with Crippen molar-refractivity contribution >= 4 is 16.9 Å². The maximum absolute atomic E-state index is 12.9. The minimum atomic E-state index is -0.495. The van der Waals surface area contributed by atoms with Crippen LogP contribution in [0, 0.1) is 5.92 Å². The lowest BCUT2D eigenvalue weighted by Gasteiger charge is -2.47. The molecule has 0 amide bonds. The Hall–Kier alpha value is -2.11. The summed E-state index contributed by atoms with van der Waals surface area (Å²) in [5.41, 5.74) is 4.47. The number of benzene rings is 1. The number of nitrogens with zero attached hydrogens (tertiary/aromatic N) is 2. The van der Waals surface area contributed by atoms with Gasteiger partial charge in [-0.25, -0.2) is 4.79 Å². The van der Waals surface area contributed by atoms with E-state index in [1.165, 1.54) is 12.7 Å². The molecule has 5 heteroatoms. The molecule has 0 radical (unpaired) electrons. The number of aromatic nitrogens is 1. The van der Waals surface area contributed by atoms with Crippen LogP contribution in [-0.2, 0) is 9.53 Å². The highest BCUT2D eigenvalue weighted by molar-refractivity contribution is 5.89. The lowest BCUT2D eigenvalue weighted by atomic mass is 9.77. The number of fused-ring (bicyclic) bond motifs is 4. The third-order valence-electron chi connectivity index (χ3n) is 6.58. The van der Waals surface area contributed by atoms with E-state index < -0.39 is 6.10 Å². The van der Waals surface area contributed by atoms with Crippen LogP contribution in [0.1, 0.15) is 49.2 Å². The molecule has 1 aromatic carbocycles. The van der Waals surface area contributed by atoms with Gasteiger partial charge in [-0.15, -0.1) is 0 Å². The van der Waals surface area contributed by atoms with E-state index in [0.29, 0.717) is 0 Å².